The molecular formula is C16H18ClN3O3. The van der Waals surface area contributed by atoms with Gasteiger partial charge in [0.1, 0.15) is 12.0 Å². The van der Waals surface area contributed by atoms with Crippen molar-refractivity contribution in [1.29, 1.82) is 0 Å². The Bertz CT molecular complexity index is 712. The normalized spacial score (nSPS) is 10.4. The van der Waals surface area contributed by atoms with Gasteiger partial charge in [0.15, 0.2) is 0 Å². The number of hydrogen-bond acceptors (Lipinski definition) is 4. The van der Waals surface area contributed by atoms with Gasteiger partial charge in [-0.2, -0.15) is 0 Å². The van der Waals surface area contributed by atoms with E-state index in [9.17, 15) is 9.59 Å². The summed E-state index contributed by atoms with van der Waals surface area (Å²) < 4.78 is 5.09. The molecular weight excluding hydrogens is 318 g/mol. The number of nitrogens with one attached hydrogen (secondary N) is 2. The lowest BCUT2D eigenvalue weighted by Gasteiger charge is -2.09. The second kappa shape index (κ2) is 7.80. The van der Waals surface area contributed by atoms with Gasteiger partial charge in [0.05, 0.1) is 12.1 Å². The Morgan fingerprint density at radius 3 is 2.83 bits per heavy atom. The molecule has 0 unspecified atom stereocenters. The first kappa shape index (κ1) is 17.1. The molecule has 7 heteroatoms. The average Bonchev–Trinajstić information content (AvgIpc) is 3.01. The zero-order valence-electron chi connectivity index (χ0n) is 12.7. The van der Waals surface area contributed by atoms with Crippen LogP contribution < -0.4 is 16.4 Å². The predicted molar refractivity (Wildman–Crippen MR) is 88.4 cm³/mol. The van der Waals surface area contributed by atoms with Gasteiger partial charge in [-0.1, -0.05) is 17.7 Å². The molecule has 0 bridgehead atoms. The Balaban J connectivity index is 1.80. The number of carbonyl (C=O) groups excluding carboxylic acids is 2. The van der Waals surface area contributed by atoms with E-state index < -0.39 is 0 Å². The van der Waals surface area contributed by atoms with Crippen molar-refractivity contribution in [3.8, 4) is 0 Å². The van der Waals surface area contributed by atoms with Crippen molar-refractivity contribution in [3.63, 3.8) is 0 Å². The smallest absolute Gasteiger partial charge is 0.254 e. The van der Waals surface area contributed by atoms with Gasteiger partial charge in [0.25, 0.3) is 5.91 Å². The molecule has 0 aliphatic carbocycles. The molecule has 0 saturated heterocycles. The second-order valence-electron chi connectivity index (χ2n) is 4.97. The number of hydrogen-bond donors (Lipinski definition) is 3. The molecule has 0 spiro atoms. The van der Waals surface area contributed by atoms with Crippen LogP contribution in [0.25, 0.3) is 0 Å². The van der Waals surface area contributed by atoms with Crippen molar-refractivity contribution in [2.75, 3.05) is 11.9 Å². The van der Waals surface area contributed by atoms with Gasteiger partial charge in [-0.15, -0.1) is 0 Å². The number of furan rings is 1. The number of anilines is 1. The quantitative estimate of drug-likeness (QED) is 0.755. The molecule has 1 heterocycles. The second-order valence-corrected chi connectivity index (χ2v) is 5.38. The zero-order chi connectivity index (χ0) is 16.8. The summed E-state index contributed by atoms with van der Waals surface area (Å²) in [6, 6.07) is 6.87. The third-order valence-corrected chi connectivity index (χ3v) is 3.71. The topological polar surface area (TPSA) is 97.4 Å². The van der Waals surface area contributed by atoms with E-state index in [1.807, 2.05) is 6.92 Å². The molecule has 1 aromatic carbocycles. The molecule has 0 aliphatic heterocycles. The number of nitrogens with two attached hydrogens (primary N) is 1. The lowest BCUT2D eigenvalue weighted by Crippen LogP contribution is -2.27. The van der Waals surface area contributed by atoms with E-state index in [4.69, 9.17) is 21.8 Å². The highest BCUT2D eigenvalue weighted by Gasteiger charge is 2.11. The van der Waals surface area contributed by atoms with E-state index in [1.54, 1.807) is 24.3 Å². The third-order valence-electron chi connectivity index (χ3n) is 3.30. The van der Waals surface area contributed by atoms with Crippen LogP contribution >= 0.6 is 11.6 Å². The predicted octanol–water partition coefficient (Wildman–Crippen LogP) is 2.46. The SMILES string of the molecule is Cc1c(Cl)cccc1NC(=O)CCNC(=O)c1coc(CN)c1. The van der Waals surface area contributed by atoms with Gasteiger partial charge >= 0.3 is 0 Å². The van der Waals surface area contributed by atoms with Crippen LogP contribution in [0.15, 0.2) is 34.9 Å². The Labute approximate surface area is 139 Å². The van der Waals surface area contributed by atoms with E-state index in [0.717, 1.165) is 5.56 Å². The minimum atomic E-state index is -0.305. The van der Waals surface area contributed by atoms with Gasteiger partial charge in [0, 0.05) is 23.7 Å². The van der Waals surface area contributed by atoms with Crippen LogP contribution in [0, 0.1) is 6.92 Å². The van der Waals surface area contributed by atoms with E-state index >= 15 is 0 Å². The van der Waals surface area contributed by atoms with Gasteiger partial charge in [0.2, 0.25) is 5.91 Å². The maximum Gasteiger partial charge on any atom is 0.254 e. The van der Waals surface area contributed by atoms with Gasteiger partial charge in [-0.25, -0.2) is 0 Å². The summed E-state index contributed by atoms with van der Waals surface area (Å²) in [5, 5.41) is 6.01. The van der Waals surface area contributed by atoms with Crippen molar-refractivity contribution in [2.45, 2.75) is 19.9 Å². The molecule has 6 nitrogen and oxygen atoms in total. The van der Waals surface area contributed by atoms with Crippen LogP contribution in [-0.4, -0.2) is 18.4 Å². The molecule has 2 amide bonds. The van der Waals surface area contributed by atoms with Crippen molar-refractivity contribution >= 4 is 29.1 Å². The molecule has 0 fully saturated rings. The highest BCUT2D eigenvalue weighted by atomic mass is 35.5. The molecule has 0 radical (unpaired) electrons. The number of amides is 2. The summed E-state index contributed by atoms with van der Waals surface area (Å²) >= 11 is 6.00. The van der Waals surface area contributed by atoms with E-state index in [1.165, 1.54) is 6.26 Å². The first-order chi connectivity index (χ1) is 11.0. The molecule has 2 rings (SSSR count). The summed E-state index contributed by atoms with van der Waals surface area (Å²) in [6.07, 6.45) is 1.49. The van der Waals surface area contributed by atoms with Crippen LogP contribution in [0.1, 0.15) is 28.1 Å². The molecule has 23 heavy (non-hydrogen) atoms. The largest absolute Gasteiger partial charge is 0.467 e. The third kappa shape index (κ3) is 4.58. The van der Waals surface area contributed by atoms with E-state index in [-0.39, 0.29) is 31.3 Å². The van der Waals surface area contributed by atoms with Crippen LogP contribution in [-0.2, 0) is 11.3 Å². The standard InChI is InChI=1S/C16H18ClN3O3/c1-10-13(17)3-2-4-14(10)20-15(21)5-6-19-16(22)11-7-12(8-18)23-9-11/h2-4,7,9H,5-6,8,18H2,1H3,(H,19,22)(H,20,21). The van der Waals surface area contributed by atoms with E-state index in [0.29, 0.717) is 22.0 Å². The Morgan fingerprint density at radius 2 is 2.13 bits per heavy atom. The van der Waals surface area contributed by atoms with Crippen molar-refractivity contribution in [3.05, 3.63) is 52.4 Å². The molecule has 1 aromatic heterocycles. The molecule has 122 valence electrons. The molecule has 2 aromatic rings. The Hall–Kier alpha value is -2.31. The first-order valence-corrected chi connectivity index (χ1v) is 7.49. The summed E-state index contributed by atoms with van der Waals surface area (Å²) in [6.45, 7) is 2.27. The molecule has 0 aliphatic rings. The Morgan fingerprint density at radius 1 is 1.35 bits per heavy atom. The number of benzene rings is 1. The first-order valence-electron chi connectivity index (χ1n) is 7.12. The zero-order valence-corrected chi connectivity index (χ0v) is 13.4. The highest BCUT2D eigenvalue weighted by Crippen LogP contribution is 2.22. The highest BCUT2D eigenvalue weighted by molar-refractivity contribution is 6.31. The fraction of sp³-hybridized carbons (Fsp3) is 0.250. The lowest BCUT2D eigenvalue weighted by molar-refractivity contribution is -0.116. The Kier molecular flexibility index (Phi) is 5.78. The summed E-state index contributed by atoms with van der Waals surface area (Å²) in [5.41, 5.74) is 7.27. The van der Waals surface area contributed by atoms with Crippen LogP contribution in [0.2, 0.25) is 5.02 Å². The van der Waals surface area contributed by atoms with E-state index in [2.05, 4.69) is 10.6 Å². The van der Waals surface area contributed by atoms with Crippen molar-refractivity contribution < 1.29 is 14.0 Å². The van der Waals surface area contributed by atoms with Gasteiger partial charge < -0.3 is 20.8 Å². The summed E-state index contributed by atoms with van der Waals surface area (Å²) in [7, 11) is 0. The van der Waals surface area contributed by atoms with Gasteiger partial charge in [-0.3, -0.25) is 9.59 Å². The average molecular weight is 336 g/mol. The molecule has 0 atom stereocenters. The number of carbonyl (C=O) groups is 2. The summed E-state index contributed by atoms with van der Waals surface area (Å²) in [5.74, 6) is 0.0232. The van der Waals surface area contributed by atoms with Crippen molar-refractivity contribution in [1.82, 2.24) is 5.32 Å². The fourth-order valence-electron chi connectivity index (χ4n) is 1.95. The monoisotopic (exact) mass is 335 g/mol. The van der Waals surface area contributed by atoms with Gasteiger partial charge in [-0.05, 0) is 30.7 Å². The molecule has 4 N–H and O–H groups in total. The maximum atomic E-state index is 11.9. The van der Waals surface area contributed by atoms with Crippen LogP contribution in [0.5, 0.6) is 0 Å². The minimum Gasteiger partial charge on any atom is -0.467 e. The molecule has 0 saturated carbocycles. The van der Waals surface area contributed by atoms with Crippen molar-refractivity contribution in [2.24, 2.45) is 5.73 Å². The van der Waals surface area contributed by atoms with Crippen LogP contribution in [0.3, 0.4) is 0 Å². The minimum absolute atomic E-state index is 0.152. The lowest BCUT2D eigenvalue weighted by atomic mass is 10.2. The fourth-order valence-corrected chi connectivity index (χ4v) is 2.13. The van der Waals surface area contributed by atoms with Crippen LogP contribution in [0.4, 0.5) is 5.69 Å². The summed E-state index contributed by atoms with van der Waals surface area (Å²) in [4.78, 5) is 23.8. The number of rotatable bonds is 6. The number of halogens is 1. The maximum absolute atomic E-state index is 11.9.